The number of hydrogen-bond acceptors (Lipinski definition) is 4. The van der Waals surface area contributed by atoms with E-state index in [-0.39, 0.29) is 5.91 Å². The molecule has 0 spiro atoms. The fourth-order valence-electron chi connectivity index (χ4n) is 3.13. The highest BCUT2D eigenvalue weighted by Gasteiger charge is 2.18. The van der Waals surface area contributed by atoms with Crippen LogP contribution in [-0.4, -0.2) is 48.5 Å². The molecule has 0 atom stereocenters. The summed E-state index contributed by atoms with van der Waals surface area (Å²) in [6, 6.07) is 8.16. The van der Waals surface area contributed by atoms with Gasteiger partial charge < -0.3 is 10.2 Å². The predicted octanol–water partition coefficient (Wildman–Crippen LogP) is 3.77. The largest absolute Gasteiger partial charge is 0.351 e. The van der Waals surface area contributed by atoms with Crippen molar-refractivity contribution in [2.24, 2.45) is 0 Å². The molecule has 0 aliphatic carbocycles. The molecular formula is C18H26N2OS2. The van der Waals surface area contributed by atoms with Gasteiger partial charge in [0.15, 0.2) is 0 Å². The summed E-state index contributed by atoms with van der Waals surface area (Å²) in [6.07, 6.45) is 5.30. The minimum absolute atomic E-state index is 0.0538. The lowest BCUT2D eigenvalue weighted by Crippen LogP contribution is -2.35. The van der Waals surface area contributed by atoms with Gasteiger partial charge in [0.1, 0.15) is 0 Å². The Bertz CT molecular complexity index is 492. The number of amides is 1. The molecule has 0 bridgehead atoms. The molecule has 1 aromatic carbocycles. The smallest absolute Gasteiger partial charge is 0.251 e. The number of likely N-dealkylation sites (tertiary alicyclic amines) is 1. The van der Waals surface area contributed by atoms with Crippen molar-refractivity contribution in [3.63, 3.8) is 0 Å². The molecule has 0 radical (unpaired) electrons. The first-order valence-electron chi connectivity index (χ1n) is 8.67. The topological polar surface area (TPSA) is 32.3 Å². The van der Waals surface area contributed by atoms with E-state index in [1.165, 1.54) is 55.8 Å². The monoisotopic (exact) mass is 350 g/mol. The molecule has 2 saturated heterocycles. The molecule has 2 heterocycles. The van der Waals surface area contributed by atoms with Gasteiger partial charge in [-0.2, -0.15) is 0 Å². The molecule has 23 heavy (non-hydrogen) atoms. The Labute approximate surface area is 148 Å². The van der Waals surface area contributed by atoms with Crippen molar-refractivity contribution in [1.82, 2.24) is 10.2 Å². The summed E-state index contributed by atoms with van der Waals surface area (Å²) in [6.45, 7) is 4.08. The molecule has 1 amide bonds. The van der Waals surface area contributed by atoms with Crippen molar-refractivity contribution in [1.29, 1.82) is 0 Å². The van der Waals surface area contributed by atoms with E-state index in [0.29, 0.717) is 4.58 Å². The molecule has 1 N–H and O–H groups in total. The minimum atomic E-state index is 0.0538. The Morgan fingerprint density at radius 1 is 1.04 bits per heavy atom. The summed E-state index contributed by atoms with van der Waals surface area (Å²) < 4.78 is 0.551. The number of nitrogens with zero attached hydrogens (tertiary/aromatic N) is 1. The van der Waals surface area contributed by atoms with Crippen molar-refractivity contribution in [3.8, 4) is 0 Å². The normalized spacial score (nSPS) is 20.3. The van der Waals surface area contributed by atoms with Crippen LogP contribution in [0.5, 0.6) is 0 Å². The molecule has 0 saturated carbocycles. The van der Waals surface area contributed by atoms with E-state index in [4.69, 9.17) is 0 Å². The lowest BCUT2D eigenvalue weighted by molar-refractivity contribution is 0.0948. The predicted molar refractivity (Wildman–Crippen MR) is 101 cm³/mol. The number of benzene rings is 1. The molecule has 2 aliphatic rings. The lowest BCUT2D eigenvalue weighted by Gasteiger charge is -2.19. The zero-order valence-corrected chi connectivity index (χ0v) is 15.3. The van der Waals surface area contributed by atoms with E-state index < -0.39 is 0 Å². The van der Waals surface area contributed by atoms with Crippen LogP contribution in [0.1, 0.15) is 46.2 Å². The third-order valence-corrected chi connectivity index (χ3v) is 7.58. The quantitative estimate of drug-likeness (QED) is 0.876. The summed E-state index contributed by atoms with van der Waals surface area (Å²) in [5, 5.41) is 3.06. The Kier molecular flexibility index (Phi) is 6.72. The number of carbonyl (C=O) groups excluding carboxylic acids is 1. The first-order valence-corrected chi connectivity index (χ1v) is 10.8. The van der Waals surface area contributed by atoms with Crippen molar-refractivity contribution >= 4 is 29.4 Å². The summed E-state index contributed by atoms with van der Waals surface area (Å²) in [4.78, 5) is 14.7. The van der Waals surface area contributed by atoms with E-state index >= 15 is 0 Å². The van der Waals surface area contributed by atoms with Gasteiger partial charge in [-0.05, 0) is 43.6 Å². The second-order valence-electron chi connectivity index (χ2n) is 6.21. The van der Waals surface area contributed by atoms with E-state index in [1.807, 2.05) is 35.7 Å². The van der Waals surface area contributed by atoms with Crippen LogP contribution >= 0.6 is 23.5 Å². The highest BCUT2D eigenvalue weighted by atomic mass is 32.2. The SMILES string of the molecule is O=C(NCCN1CCCCCC1)c1ccc(C2SCCS2)cc1. The summed E-state index contributed by atoms with van der Waals surface area (Å²) >= 11 is 4.00. The van der Waals surface area contributed by atoms with Crippen molar-refractivity contribution < 1.29 is 4.79 Å². The van der Waals surface area contributed by atoms with Crippen LogP contribution in [-0.2, 0) is 0 Å². The zero-order chi connectivity index (χ0) is 15.9. The number of carbonyl (C=O) groups is 1. The lowest BCUT2D eigenvalue weighted by atomic mass is 10.1. The standard InChI is InChI=1S/C18H26N2OS2/c21-17(19-9-12-20-10-3-1-2-4-11-20)15-5-7-16(8-6-15)18-22-13-14-23-18/h5-8,18H,1-4,9-14H2,(H,19,21). The van der Waals surface area contributed by atoms with Crippen LogP contribution in [0, 0.1) is 0 Å². The van der Waals surface area contributed by atoms with Crippen molar-refractivity contribution in [2.75, 3.05) is 37.7 Å². The van der Waals surface area contributed by atoms with Crippen LogP contribution < -0.4 is 5.32 Å². The van der Waals surface area contributed by atoms with Crippen molar-refractivity contribution in [3.05, 3.63) is 35.4 Å². The van der Waals surface area contributed by atoms with Gasteiger partial charge in [0.25, 0.3) is 5.91 Å². The van der Waals surface area contributed by atoms with Gasteiger partial charge in [-0.1, -0.05) is 25.0 Å². The minimum Gasteiger partial charge on any atom is -0.351 e. The Balaban J connectivity index is 1.44. The molecule has 3 rings (SSSR count). The number of thioether (sulfide) groups is 2. The first-order chi connectivity index (χ1) is 11.3. The maximum Gasteiger partial charge on any atom is 0.251 e. The second-order valence-corrected chi connectivity index (χ2v) is 8.93. The third-order valence-electron chi connectivity index (χ3n) is 4.48. The van der Waals surface area contributed by atoms with E-state index in [0.717, 1.165) is 18.7 Å². The van der Waals surface area contributed by atoms with E-state index in [1.54, 1.807) is 0 Å². The van der Waals surface area contributed by atoms with Crippen LogP contribution in [0.3, 0.4) is 0 Å². The molecule has 2 aliphatic heterocycles. The maximum atomic E-state index is 12.2. The fraction of sp³-hybridized carbons (Fsp3) is 0.611. The number of hydrogen-bond donors (Lipinski definition) is 1. The zero-order valence-electron chi connectivity index (χ0n) is 13.6. The highest BCUT2D eigenvalue weighted by Crippen LogP contribution is 2.45. The fourth-order valence-corrected chi connectivity index (χ4v) is 5.99. The van der Waals surface area contributed by atoms with Gasteiger partial charge in [0, 0.05) is 30.2 Å². The molecule has 1 aromatic rings. The van der Waals surface area contributed by atoms with Gasteiger partial charge in [0.2, 0.25) is 0 Å². The van der Waals surface area contributed by atoms with Crippen molar-refractivity contribution in [2.45, 2.75) is 30.3 Å². The molecule has 0 aromatic heterocycles. The highest BCUT2D eigenvalue weighted by molar-refractivity contribution is 8.19. The van der Waals surface area contributed by atoms with Gasteiger partial charge in [-0.25, -0.2) is 0 Å². The van der Waals surface area contributed by atoms with Crippen LogP contribution in [0.15, 0.2) is 24.3 Å². The molecule has 2 fully saturated rings. The molecule has 3 nitrogen and oxygen atoms in total. The average Bonchev–Trinajstić information content (AvgIpc) is 3.00. The maximum absolute atomic E-state index is 12.2. The van der Waals surface area contributed by atoms with Crippen LogP contribution in [0.25, 0.3) is 0 Å². The van der Waals surface area contributed by atoms with Gasteiger partial charge in [-0.3, -0.25) is 4.79 Å². The van der Waals surface area contributed by atoms with Gasteiger partial charge in [-0.15, -0.1) is 23.5 Å². The Hall–Kier alpha value is -0.650. The molecule has 5 heteroatoms. The van der Waals surface area contributed by atoms with Crippen LogP contribution in [0.4, 0.5) is 0 Å². The third kappa shape index (κ3) is 5.16. The summed E-state index contributed by atoms with van der Waals surface area (Å²) in [5.41, 5.74) is 2.11. The summed E-state index contributed by atoms with van der Waals surface area (Å²) in [7, 11) is 0. The first kappa shape index (κ1) is 17.2. The van der Waals surface area contributed by atoms with Gasteiger partial charge >= 0.3 is 0 Å². The second kappa shape index (κ2) is 9.00. The average molecular weight is 351 g/mol. The van der Waals surface area contributed by atoms with Gasteiger partial charge in [0.05, 0.1) is 4.58 Å². The Morgan fingerprint density at radius 2 is 1.70 bits per heavy atom. The van der Waals surface area contributed by atoms with E-state index in [9.17, 15) is 4.79 Å². The molecule has 0 unspecified atom stereocenters. The summed E-state index contributed by atoms with van der Waals surface area (Å²) in [5.74, 6) is 2.51. The molecular weight excluding hydrogens is 324 g/mol. The van der Waals surface area contributed by atoms with Crippen LogP contribution in [0.2, 0.25) is 0 Å². The van der Waals surface area contributed by atoms with E-state index in [2.05, 4.69) is 22.3 Å². The number of nitrogens with one attached hydrogen (secondary N) is 1. The number of rotatable bonds is 5. The Morgan fingerprint density at radius 3 is 2.35 bits per heavy atom. The molecule has 126 valence electrons.